The van der Waals surface area contributed by atoms with Gasteiger partial charge in [0.2, 0.25) is 5.91 Å². The molecule has 1 aliphatic heterocycles. The van der Waals surface area contributed by atoms with E-state index < -0.39 is 0 Å². The van der Waals surface area contributed by atoms with Gasteiger partial charge in [0.25, 0.3) is 5.91 Å². The van der Waals surface area contributed by atoms with Gasteiger partial charge in [0.15, 0.2) is 5.78 Å². The number of rotatable bonds is 4. The Bertz CT molecular complexity index is 756. The Labute approximate surface area is 146 Å². The van der Waals surface area contributed by atoms with Crippen molar-refractivity contribution in [2.75, 3.05) is 31.5 Å². The zero-order valence-corrected chi connectivity index (χ0v) is 14.3. The van der Waals surface area contributed by atoms with Gasteiger partial charge >= 0.3 is 0 Å². The number of amides is 2. The van der Waals surface area contributed by atoms with Crippen LogP contribution in [0.3, 0.4) is 0 Å². The molecular formula is C18H20N4O3. The Kier molecular flexibility index (Phi) is 5.90. The van der Waals surface area contributed by atoms with Gasteiger partial charge in [-0.25, -0.2) is 0 Å². The number of anilines is 1. The van der Waals surface area contributed by atoms with Gasteiger partial charge in [-0.1, -0.05) is 12.1 Å². The molecule has 130 valence electrons. The summed E-state index contributed by atoms with van der Waals surface area (Å²) >= 11 is 0. The van der Waals surface area contributed by atoms with E-state index in [0.29, 0.717) is 37.4 Å². The van der Waals surface area contributed by atoms with Crippen LogP contribution >= 0.6 is 0 Å². The molecule has 0 spiro atoms. The average Bonchev–Trinajstić information content (AvgIpc) is 2.62. The van der Waals surface area contributed by atoms with Crippen LogP contribution in [0.2, 0.25) is 0 Å². The molecule has 0 saturated carbocycles. The van der Waals surface area contributed by atoms with E-state index in [4.69, 9.17) is 0 Å². The Morgan fingerprint density at radius 1 is 1.12 bits per heavy atom. The van der Waals surface area contributed by atoms with Crippen LogP contribution in [0.4, 0.5) is 5.69 Å². The van der Waals surface area contributed by atoms with Crippen LogP contribution in [-0.4, -0.2) is 53.6 Å². The third kappa shape index (κ3) is 4.67. The topological polar surface area (TPSA) is 93.5 Å². The summed E-state index contributed by atoms with van der Waals surface area (Å²) < 4.78 is 0. The number of hydrogen-bond acceptors (Lipinski definition) is 5. The van der Waals surface area contributed by atoms with E-state index in [1.54, 1.807) is 34.1 Å². The normalized spacial score (nSPS) is 14.7. The van der Waals surface area contributed by atoms with Crippen LogP contribution in [0.1, 0.15) is 24.2 Å². The van der Waals surface area contributed by atoms with Crippen LogP contribution in [0.25, 0.3) is 0 Å². The maximum atomic E-state index is 12.4. The largest absolute Gasteiger partial charge is 0.360 e. The summed E-state index contributed by atoms with van der Waals surface area (Å²) in [5, 5.41) is 12.2. The first-order chi connectivity index (χ1) is 11.9. The molecule has 1 heterocycles. The third-order valence-corrected chi connectivity index (χ3v) is 4.02. The molecule has 2 amide bonds. The lowest BCUT2D eigenvalue weighted by molar-refractivity contribution is -0.136. The van der Waals surface area contributed by atoms with Gasteiger partial charge in [0.05, 0.1) is 0 Å². The lowest BCUT2D eigenvalue weighted by Crippen LogP contribution is -2.50. The molecule has 1 fully saturated rings. The summed E-state index contributed by atoms with van der Waals surface area (Å²) in [5.74, 6) is -0.455. The number of carbonyl (C=O) groups excluding carboxylic acids is 3. The van der Waals surface area contributed by atoms with E-state index in [1.807, 2.05) is 6.07 Å². The summed E-state index contributed by atoms with van der Waals surface area (Å²) in [7, 11) is 0. The van der Waals surface area contributed by atoms with Crippen LogP contribution in [0.15, 0.2) is 36.0 Å². The van der Waals surface area contributed by atoms with Crippen molar-refractivity contribution in [3.05, 3.63) is 41.6 Å². The number of carbonyl (C=O) groups is 3. The van der Waals surface area contributed by atoms with E-state index in [1.165, 1.54) is 20.0 Å². The number of hydrogen-bond donors (Lipinski definition) is 1. The average molecular weight is 340 g/mol. The SMILES string of the molecule is CC(=O)c1cccc(N/C=C(/C#N)C(=O)N2CCN(C(C)=O)CC2)c1. The Morgan fingerprint density at radius 3 is 2.32 bits per heavy atom. The highest BCUT2D eigenvalue weighted by Gasteiger charge is 2.24. The van der Waals surface area contributed by atoms with Crippen LogP contribution in [0.5, 0.6) is 0 Å². The molecule has 0 atom stereocenters. The highest BCUT2D eigenvalue weighted by molar-refractivity contribution is 5.98. The summed E-state index contributed by atoms with van der Waals surface area (Å²) in [5.41, 5.74) is 1.14. The van der Waals surface area contributed by atoms with Crippen molar-refractivity contribution >= 4 is 23.3 Å². The fraction of sp³-hybridized carbons (Fsp3) is 0.333. The molecule has 1 aliphatic rings. The molecule has 1 N–H and O–H groups in total. The second-order valence-corrected chi connectivity index (χ2v) is 5.75. The van der Waals surface area contributed by atoms with Crippen LogP contribution in [0, 0.1) is 11.3 Å². The van der Waals surface area contributed by atoms with Gasteiger partial charge in [-0.05, 0) is 19.1 Å². The first-order valence-corrected chi connectivity index (χ1v) is 7.95. The summed E-state index contributed by atoms with van der Waals surface area (Å²) in [4.78, 5) is 38.4. The third-order valence-electron chi connectivity index (χ3n) is 4.02. The minimum Gasteiger partial charge on any atom is -0.360 e. The molecule has 25 heavy (non-hydrogen) atoms. The molecule has 0 unspecified atom stereocenters. The summed E-state index contributed by atoms with van der Waals surface area (Å²) in [6.07, 6.45) is 1.35. The maximum absolute atomic E-state index is 12.4. The molecular weight excluding hydrogens is 320 g/mol. The second-order valence-electron chi connectivity index (χ2n) is 5.75. The lowest BCUT2D eigenvalue weighted by atomic mass is 10.1. The molecule has 2 rings (SSSR count). The Hall–Kier alpha value is -3.14. The molecule has 7 heteroatoms. The molecule has 0 radical (unpaired) electrons. The van der Waals surface area contributed by atoms with E-state index >= 15 is 0 Å². The maximum Gasteiger partial charge on any atom is 0.266 e. The van der Waals surface area contributed by atoms with Crippen molar-refractivity contribution in [2.45, 2.75) is 13.8 Å². The highest BCUT2D eigenvalue weighted by Crippen LogP contribution is 2.13. The molecule has 0 aromatic heterocycles. The van der Waals surface area contributed by atoms with E-state index in [-0.39, 0.29) is 23.2 Å². The van der Waals surface area contributed by atoms with Crippen molar-refractivity contribution < 1.29 is 14.4 Å². The summed E-state index contributed by atoms with van der Waals surface area (Å²) in [6.45, 7) is 4.70. The molecule has 0 aliphatic carbocycles. The van der Waals surface area contributed by atoms with Crippen molar-refractivity contribution in [3.8, 4) is 6.07 Å². The highest BCUT2D eigenvalue weighted by atomic mass is 16.2. The Morgan fingerprint density at radius 2 is 1.76 bits per heavy atom. The first kappa shape index (κ1) is 18.2. The monoisotopic (exact) mass is 340 g/mol. The van der Waals surface area contributed by atoms with Gasteiger partial charge in [-0.3, -0.25) is 14.4 Å². The van der Waals surface area contributed by atoms with Crippen LogP contribution in [-0.2, 0) is 9.59 Å². The number of nitriles is 1. The van der Waals surface area contributed by atoms with Gasteiger partial charge < -0.3 is 15.1 Å². The van der Waals surface area contributed by atoms with E-state index in [0.717, 1.165) is 0 Å². The molecule has 1 saturated heterocycles. The van der Waals surface area contributed by atoms with Gasteiger partial charge in [-0.2, -0.15) is 5.26 Å². The molecule has 1 aromatic rings. The zero-order valence-electron chi connectivity index (χ0n) is 14.3. The second kappa shape index (κ2) is 8.11. The molecule has 1 aromatic carbocycles. The van der Waals surface area contributed by atoms with Gasteiger partial charge in [-0.15, -0.1) is 0 Å². The van der Waals surface area contributed by atoms with Crippen LogP contribution < -0.4 is 5.32 Å². The smallest absolute Gasteiger partial charge is 0.266 e. The quantitative estimate of drug-likeness (QED) is 0.508. The number of nitrogens with one attached hydrogen (secondary N) is 1. The van der Waals surface area contributed by atoms with Gasteiger partial charge in [0.1, 0.15) is 11.6 Å². The number of ketones is 1. The number of nitrogens with zero attached hydrogens (tertiary/aromatic N) is 3. The van der Waals surface area contributed by atoms with Crippen molar-refractivity contribution in [1.29, 1.82) is 5.26 Å². The fourth-order valence-electron chi connectivity index (χ4n) is 2.52. The predicted octanol–water partition coefficient (Wildman–Crippen LogP) is 1.40. The zero-order chi connectivity index (χ0) is 18.4. The molecule has 0 bridgehead atoms. The number of Topliss-reactive ketones (excluding diaryl/α,β-unsaturated/α-hetero) is 1. The predicted molar refractivity (Wildman–Crippen MR) is 92.6 cm³/mol. The van der Waals surface area contributed by atoms with E-state index in [2.05, 4.69) is 5.32 Å². The standard InChI is InChI=1S/C18H20N4O3/c1-13(23)15-4-3-5-17(10-15)20-12-16(11-19)18(25)22-8-6-21(7-9-22)14(2)24/h3-5,10,12,20H,6-9H2,1-2H3/b16-12-. The minimum absolute atomic E-state index is 0.0184. The summed E-state index contributed by atoms with van der Waals surface area (Å²) in [6, 6.07) is 8.72. The minimum atomic E-state index is -0.374. The Balaban J connectivity index is 2.04. The number of piperazine rings is 1. The molecule has 7 nitrogen and oxygen atoms in total. The van der Waals surface area contributed by atoms with Gasteiger partial charge in [0, 0.05) is 50.6 Å². The van der Waals surface area contributed by atoms with E-state index in [9.17, 15) is 19.6 Å². The first-order valence-electron chi connectivity index (χ1n) is 7.95. The lowest BCUT2D eigenvalue weighted by Gasteiger charge is -2.34. The van der Waals surface area contributed by atoms with Crippen molar-refractivity contribution in [1.82, 2.24) is 9.80 Å². The fourth-order valence-corrected chi connectivity index (χ4v) is 2.52. The van der Waals surface area contributed by atoms with Crippen molar-refractivity contribution in [3.63, 3.8) is 0 Å². The van der Waals surface area contributed by atoms with Crippen molar-refractivity contribution in [2.24, 2.45) is 0 Å². The number of benzene rings is 1.